The van der Waals surface area contributed by atoms with Crippen LogP contribution in [-0.4, -0.2) is 16.0 Å². The van der Waals surface area contributed by atoms with Crippen LogP contribution in [-0.2, 0) is 5.54 Å². The van der Waals surface area contributed by atoms with Crippen LogP contribution in [0.1, 0.15) is 54.3 Å². The van der Waals surface area contributed by atoms with Crippen molar-refractivity contribution >= 4 is 29.1 Å². The smallest absolute Gasteiger partial charge is 0.253 e. The second kappa shape index (κ2) is 6.11. The number of halogens is 2. The Hall–Kier alpha value is -1.63. The average Bonchev–Trinajstić information content (AvgIpc) is 2.97. The van der Waals surface area contributed by atoms with Gasteiger partial charge in [-0.15, -0.1) is 0 Å². The highest BCUT2D eigenvalue weighted by molar-refractivity contribution is 6.43. The zero-order valence-electron chi connectivity index (χ0n) is 12.5. The van der Waals surface area contributed by atoms with E-state index in [4.69, 9.17) is 33.5 Å². The van der Waals surface area contributed by atoms with Gasteiger partial charge in [-0.1, -0.05) is 34.4 Å². The van der Waals surface area contributed by atoms with E-state index in [1.165, 1.54) is 0 Å². The number of carbonyl (C=O) groups is 1. The van der Waals surface area contributed by atoms with Crippen molar-refractivity contribution < 1.29 is 9.32 Å². The van der Waals surface area contributed by atoms with Crippen molar-refractivity contribution in [2.24, 2.45) is 5.73 Å². The lowest BCUT2D eigenvalue weighted by atomic mass is 9.77. The fourth-order valence-corrected chi connectivity index (χ4v) is 2.80. The third-order valence-electron chi connectivity index (χ3n) is 4.05. The summed E-state index contributed by atoms with van der Waals surface area (Å²) in [6.07, 6.45) is 2.73. The van der Waals surface area contributed by atoms with Gasteiger partial charge >= 0.3 is 0 Å². The van der Waals surface area contributed by atoms with Gasteiger partial charge in [0, 0.05) is 0 Å². The van der Waals surface area contributed by atoms with E-state index in [-0.39, 0.29) is 10.9 Å². The normalized spacial score (nSPS) is 17.4. The van der Waals surface area contributed by atoms with Crippen molar-refractivity contribution in [2.75, 3.05) is 0 Å². The van der Waals surface area contributed by atoms with Crippen LogP contribution >= 0.6 is 23.2 Å². The minimum Gasteiger partial charge on any atom is -0.340 e. The van der Waals surface area contributed by atoms with Crippen molar-refractivity contribution in [3.63, 3.8) is 0 Å². The monoisotopic (exact) mass is 354 g/mol. The fourth-order valence-electron chi connectivity index (χ4n) is 2.41. The van der Waals surface area contributed by atoms with Crippen LogP contribution in [0.2, 0.25) is 10.0 Å². The van der Waals surface area contributed by atoms with E-state index < -0.39 is 11.6 Å². The lowest BCUT2D eigenvalue weighted by molar-refractivity contribution is 0.0932. The van der Waals surface area contributed by atoms with Crippen molar-refractivity contribution in [2.45, 2.75) is 37.8 Å². The van der Waals surface area contributed by atoms with Crippen LogP contribution in [0.5, 0.6) is 0 Å². The Labute approximate surface area is 143 Å². The molecule has 1 atom stereocenters. The summed E-state index contributed by atoms with van der Waals surface area (Å²) in [4.78, 5) is 16.6. The number of hydrogen-bond donors (Lipinski definition) is 2. The number of hydrogen-bond acceptors (Lipinski definition) is 5. The van der Waals surface area contributed by atoms with E-state index >= 15 is 0 Å². The summed E-state index contributed by atoms with van der Waals surface area (Å²) < 4.78 is 5.22. The molecule has 122 valence electrons. The maximum atomic E-state index is 12.3. The number of amides is 1. The highest BCUT2D eigenvalue weighted by Crippen LogP contribution is 2.37. The molecule has 0 radical (unpaired) electrons. The molecule has 1 amide bonds. The van der Waals surface area contributed by atoms with Gasteiger partial charge in [0.2, 0.25) is 5.89 Å². The molecule has 1 saturated carbocycles. The van der Waals surface area contributed by atoms with Crippen molar-refractivity contribution in [1.82, 2.24) is 15.5 Å². The molecule has 2 aromatic rings. The van der Waals surface area contributed by atoms with Gasteiger partial charge in [-0.25, -0.2) is 0 Å². The summed E-state index contributed by atoms with van der Waals surface area (Å²) in [5.41, 5.74) is 5.96. The molecule has 1 heterocycles. The van der Waals surface area contributed by atoms with E-state index in [0.29, 0.717) is 22.3 Å². The Bertz CT molecular complexity index is 743. The van der Waals surface area contributed by atoms with Crippen molar-refractivity contribution in [3.05, 3.63) is 45.5 Å². The van der Waals surface area contributed by atoms with E-state index in [2.05, 4.69) is 15.5 Å². The first-order valence-electron chi connectivity index (χ1n) is 7.28. The number of nitrogens with one attached hydrogen (secondary N) is 1. The van der Waals surface area contributed by atoms with Gasteiger partial charge in [-0.3, -0.25) is 4.79 Å². The topological polar surface area (TPSA) is 94.0 Å². The lowest BCUT2D eigenvalue weighted by Gasteiger charge is -2.34. The third kappa shape index (κ3) is 3.06. The molecule has 3 N–H and O–H groups in total. The average molecular weight is 355 g/mol. The fraction of sp³-hybridized carbons (Fsp3) is 0.400. The molecule has 0 bridgehead atoms. The van der Waals surface area contributed by atoms with Gasteiger partial charge in [-0.05, 0) is 38.3 Å². The number of aromatic nitrogens is 2. The summed E-state index contributed by atoms with van der Waals surface area (Å²) in [7, 11) is 0. The Morgan fingerprint density at radius 1 is 1.43 bits per heavy atom. The highest BCUT2D eigenvalue weighted by Gasteiger charge is 2.39. The zero-order chi connectivity index (χ0) is 16.6. The predicted octanol–water partition coefficient (Wildman–Crippen LogP) is 3.21. The molecule has 6 nitrogen and oxygen atoms in total. The minimum atomic E-state index is -0.498. The maximum absolute atomic E-state index is 12.3. The quantitative estimate of drug-likeness (QED) is 0.878. The molecular weight excluding hydrogens is 339 g/mol. The van der Waals surface area contributed by atoms with Crippen LogP contribution in [0, 0.1) is 0 Å². The minimum absolute atomic E-state index is 0.209. The lowest BCUT2D eigenvalue weighted by Crippen LogP contribution is -2.44. The van der Waals surface area contributed by atoms with Crippen LogP contribution in [0.3, 0.4) is 0 Å². The van der Waals surface area contributed by atoms with Crippen LogP contribution < -0.4 is 11.1 Å². The molecule has 1 aromatic carbocycles. The standard InChI is InChI=1S/C15H16Cl2N4O2/c1-8(13-20-14(21-23-13)15(18)6-3-7-15)19-12(22)9-4-2-5-10(16)11(9)17/h2,4-5,8H,3,6-7,18H2,1H3,(H,19,22). The molecule has 8 heteroatoms. The summed E-state index contributed by atoms with van der Waals surface area (Å²) in [5, 5.41) is 7.23. The molecule has 1 aliphatic carbocycles. The molecule has 23 heavy (non-hydrogen) atoms. The number of carbonyl (C=O) groups excluding carboxylic acids is 1. The van der Waals surface area contributed by atoms with Crippen LogP contribution in [0.25, 0.3) is 0 Å². The zero-order valence-corrected chi connectivity index (χ0v) is 14.0. The molecule has 0 aliphatic heterocycles. The summed E-state index contributed by atoms with van der Waals surface area (Å²) in [6.45, 7) is 1.75. The van der Waals surface area contributed by atoms with Gasteiger partial charge in [0.1, 0.15) is 6.04 Å². The largest absolute Gasteiger partial charge is 0.340 e. The Morgan fingerprint density at radius 2 is 2.17 bits per heavy atom. The number of benzene rings is 1. The number of rotatable bonds is 4. The first-order valence-corrected chi connectivity index (χ1v) is 8.04. The first-order chi connectivity index (χ1) is 10.9. The van der Waals surface area contributed by atoms with Gasteiger partial charge < -0.3 is 15.6 Å². The van der Waals surface area contributed by atoms with E-state index in [1.54, 1.807) is 25.1 Å². The summed E-state index contributed by atoms with van der Waals surface area (Å²) >= 11 is 12.0. The van der Waals surface area contributed by atoms with Crippen molar-refractivity contribution in [3.8, 4) is 0 Å². The van der Waals surface area contributed by atoms with E-state index in [0.717, 1.165) is 19.3 Å². The number of nitrogens with zero attached hydrogens (tertiary/aromatic N) is 2. The van der Waals surface area contributed by atoms with Gasteiger partial charge in [0.15, 0.2) is 5.82 Å². The van der Waals surface area contributed by atoms with Gasteiger partial charge in [-0.2, -0.15) is 4.98 Å². The third-order valence-corrected chi connectivity index (χ3v) is 4.87. The Morgan fingerprint density at radius 3 is 2.83 bits per heavy atom. The molecular formula is C15H16Cl2N4O2. The second-order valence-electron chi connectivity index (χ2n) is 5.76. The van der Waals surface area contributed by atoms with E-state index in [1.807, 2.05) is 0 Å². The maximum Gasteiger partial charge on any atom is 0.253 e. The van der Waals surface area contributed by atoms with E-state index in [9.17, 15) is 4.79 Å². The van der Waals surface area contributed by atoms with Crippen LogP contribution in [0.15, 0.2) is 22.7 Å². The molecule has 1 aliphatic rings. The second-order valence-corrected chi connectivity index (χ2v) is 6.55. The summed E-state index contributed by atoms with van der Waals surface area (Å²) in [5.74, 6) is 0.430. The van der Waals surface area contributed by atoms with Crippen LogP contribution in [0.4, 0.5) is 0 Å². The molecule has 1 aromatic heterocycles. The van der Waals surface area contributed by atoms with Gasteiger partial charge in [0.05, 0.1) is 21.1 Å². The molecule has 0 saturated heterocycles. The SMILES string of the molecule is CC(NC(=O)c1cccc(Cl)c1Cl)c1nc(C2(N)CCC2)no1. The Kier molecular flexibility index (Phi) is 4.31. The summed E-state index contributed by atoms with van der Waals surface area (Å²) in [6, 6.07) is 4.40. The van der Waals surface area contributed by atoms with Crippen molar-refractivity contribution in [1.29, 1.82) is 0 Å². The Balaban J connectivity index is 1.73. The molecule has 3 rings (SSSR count). The highest BCUT2D eigenvalue weighted by atomic mass is 35.5. The van der Waals surface area contributed by atoms with Gasteiger partial charge in [0.25, 0.3) is 5.91 Å². The number of nitrogens with two attached hydrogens (primary N) is 1. The molecule has 1 fully saturated rings. The predicted molar refractivity (Wildman–Crippen MR) is 86.4 cm³/mol. The molecule has 0 spiro atoms. The first kappa shape index (κ1) is 16.2. The molecule has 1 unspecified atom stereocenters.